The lowest BCUT2D eigenvalue weighted by Gasteiger charge is -2.06. The van der Waals surface area contributed by atoms with Crippen molar-refractivity contribution in [2.24, 2.45) is 0 Å². The molecule has 0 saturated heterocycles. The van der Waals surface area contributed by atoms with Gasteiger partial charge in [0.25, 0.3) is 0 Å². The van der Waals surface area contributed by atoms with Crippen molar-refractivity contribution in [3.05, 3.63) is 72.8 Å². The first-order valence-corrected chi connectivity index (χ1v) is 10.3. The topological polar surface area (TPSA) is 110 Å². The molecule has 0 atom stereocenters. The number of pyridine rings is 1. The van der Waals surface area contributed by atoms with Gasteiger partial charge in [0.05, 0.1) is 29.2 Å². The average Bonchev–Trinajstić information content (AvgIpc) is 3.51. The predicted octanol–water partition coefficient (Wildman–Crippen LogP) is 5.21. The Morgan fingerprint density at radius 2 is 1.64 bits per heavy atom. The van der Waals surface area contributed by atoms with Crippen LogP contribution in [0.15, 0.2) is 77.2 Å². The fourth-order valence-corrected chi connectivity index (χ4v) is 3.81. The number of phenols is 1. The third-order valence-corrected chi connectivity index (χ3v) is 5.43. The smallest absolute Gasteiger partial charge is 0.248 e. The molecule has 8 nitrogen and oxygen atoms in total. The van der Waals surface area contributed by atoms with Gasteiger partial charge in [0.1, 0.15) is 5.69 Å². The summed E-state index contributed by atoms with van der Waals surface area (Å²) < 4.78 is 11.2. The van der Waals surface area contributed by atoms with E-state index in [4.69, 9.17) is 14.1 Å². The maximum atomic E-state index is 9.87. The van der Waals surface area contributed by atoms with Crippen LogP contribution < -0.4 is 4.74 Å². The lowest BCUT2D eigenvalue weighted by molar-refractivity contribution is 0.373. The molecule has 3 heterocycles. The molecule has 2 N–H and O–H groups in total. The molecule has 0 spiro atoms. The van der Waals surface area contributed by atoms with Crippen molar-refractivity contribution in [2.75, 3.05) is 7.11 Å². The summed E-state index contributed by atoms with van der Waals surface area (Å²) in [6.07, 6.45) is 0. The van der Waals surface area contributed by atoms with E-state index in [0.717, 1.165) is 27.5 Å². The zero-order valence-corrected chi connectivity index (χ0v) is 17.5. The normalized spacial score (nSPS) is 11.3. The van der Waals surface area contributed by atoms with Gasteiger partial charge in [-0.15, -0.1) is 10.2 Å². The number of para-hydroxylation sites is 3. The number of methoxy groups -OCH3 is 1. The minimum Gasteiger partial charge on any atom is -0.504 e. The van der Waals surface area contributed by atoms with Crippen LogP contribution in [0.4, 0.5) is 0 Å². The summed E-state index contributed by atoms with van der Waals surface area (Å²) in [6.45, 7) is 0. The summed E-state index contributed by atoms with van der Waals surface area (Å²) in [7, 11) is 1.49. The van der Waals surface area contributed by atoms with Crippen LogP contribution in [-0.2, 0) is 0 Å². The molecule has 0 bridgehead atoms. The molecule has 0 aliphatic carbocycles. The number of fused-ring (bicyclic) bond motifs is 2. The molecule has 0 amide bonds. The highest BCUT2D eigenvalue weighted by atomic mass is 16.5. The van der Waals surface area contributed by atoms with Crippen molar-refractivity contribution < 1.29 is 14.3 Å². The van der Waals surface area contributed by atoms with E-state index in [9.17, 15) is 5.11 Å². The second-order valence-corrected chi connectivity index (χ2v) is 7.47. The molecule has 3 aromatic carbocycles. The fraction of sp³-hybridized carbons (Fsp3) is 0.0400. The van der Waals surface area contributed by atoms with Crippen LogP contribution in [0.5, 0.6) is 11.5 Å². The molecule has 8 heteroatoms. The number of aromatic nitrogens is 5. The monoisotopic (exact) mass is 435 g/mol. The van der Waals surface area contributed by atoms with Crippen LogP contribution in [0.2, 0.25) is 0 Å². The van der Waals surface area contributed by atoms with Gasteiger partial charge in [0.15, 0.2) is 17.3 Å². The SMILES string of the molecule is COc1cc(-c2nnc(-c3cc(-c4nc5ccccc5[nH]4)nc4ccccc34)o2)ccc1O. The number of nitrogens with zero attached hydrogens (tertiary/aromatic N) is 4. The van der Waals surface area contributed by atoms with E-state index in [1.54, 1.807) is 12.1 Å². The van der Waals surface area contributed by atoms with Crippen LogP contribution in [0.3, 0.4) is 0 Å². The molecule has 160 valence electrons. The van der Waals surface area contributed by atoms with Crippen LogP contribution in [-0.4, -0.2) is 37.4 Å². The number of H-pyrrole nitrogens is 1. The van der Waals surface area contributed by atoms with E-state index in [-0.39, 0.29) is 5.75 Å². The van der Waals surface area contributed by atoms with E-state index in [0.29, 0.717) is 34.6 Å². The van der Waals surface area contributed by atoms with Gasteiger partial charge in [-0.1, -0.05) is 30.3 Å². The summed E-state index contributed by atoms with van der Waals surface area (Å²) >= 11 is 0. The summed E-state index contributed by atoms with van der Waals surface area (Å²) in [4.78, 5) is 12.8. The summed E-state index contributed by atoms with van der Waals surface area (Å²) in [5, 5.41) is 19.3. The zero-order valence-electron chi connectivity index (χ0n) is 17.5. The third kappa shape index (κ3) is 3.25. The molecule has 0 aliphatic heterocycles. The van der Waals surface area contributed by atoms with Gasteiger partial charge in [-0.25, -0.2) is 9.97 Å². The Balaban J connectivity index is 1.50. The van der Waals surface area contributed by atoms with E-state index >= 15 is 0 Å². The molecule has 3 aromatic heterocycles. The molecule has 0 aliphatic rings. The number of imidazole rings is 1. The molecule has 0 unspecified atom stereocenters. The highest BCUT2D eigenvalue weighted by molar-refractivity contribution is 5.94. The van der Waals surface area contributed by atoms with Gasteiger partial charge in [-0.3, -0.25) is 0 Å². The Morgan fingerprint density at radius 3 is 2.48 bits per heavy atom. The Kier molecular flexibility index (Phi) is 4.29. The lowest BCUT2D eigenvalue weighted by Crippen LogP contribution is -1.91. The van der Waals surface area contributed by atoms with Gasteiger partial charge in [0.2, 0.25) is 11.8 Å². The predicted molar refractivity (Wildman–Crippen MR) is 124 cm³/mol. The number of ether oxygens (including phenoxy) is 1. The minimum absolute atomic E-state index is 0.0385. The molecule has 6 aromatic rings. The molecular formula is C25H17N5O3. The highest BCUT2D eigenvalue weighted by Gasteiger charge is 2.18. The lowest BCUT2D eigenvalue weighted by atomic mass is 10.1. The van der Waals surface area contributed by atoms with Gasteiger partial charge in [0, 0.05) is 10.9 Å². The maximum Gasteiger partial charge on any atom is 0.248 e. The number of hydrogen-bond acceptors (Lipinski definition) is 7. The Labute approximate surface area is 187 Å². The summed E-state index contributed by atoms with van der Waals surface area (Å²) in [5.74, 6) is 1.69. The number of aromatic hydroxyl groups is 1. The second kappa shape index (κ2) is 7.45. The number of nitrogens with one attached hydrogen (secondary N) is 1. The fourth-order valence-electron chi connectivity index (χ4n) is 3.81. The van der Waals surface area contributed by atoms with E-state index in [1.807, 2.05) is 54.6 Å². The van der Waals surface area contributed by atoms with Crippen molar-refractivity contribution in [1.29, 1.82) is 0 Å². The van der Waals surface area contributed by atoms with Crippen LogP contribution in [0, 0.1) is 0 Å². The second-order valence-electron chi connectivity index (χ2n) is 7.47. The van der Waals surface area contributed by atoms with Crippen LogP contribution in [0.1, 0.15) is 0 Å². The van der Waals surface area contributed by atoms with E-state index in [1.165, 1.54) is 13.2 Å². The van der Waals surface area contributed by atoms with Crippen molar-refractivity contribution in [3.8, 4) is 45.9 Å². The first-order valence-electron chi connectivity index (χ1n) is 10.3. The molecular weight excluding hydrogens is 418 g/mol. The number of rotatable bonds is 4. The van der Waals surface area contributed by atoms with E-state index < -0.39 is 0 Å². The van der Waals surface area contributed by atoms with Crippen molar-refractivity contribution in [2.45, 2.75) is 0 Å². The van der Waals surface area contributed by atoms with Crippen molar-refractivity contribution in [1.82, 2.24) is 25.1 Å². The van der Waals surface area contributed by atoms with Gasteiger partial charge in [-0.05, 0) is 42.5 Å². The standard InChI is InChI=1S/C25H17N5O3/c1-32-22-12-14(10-11-21(22)31)24-29-30-25(33-24)16-13-20(26-17-7-3-2-6-15(16)17)23-27-18-8-4-5-9-19(18)28-23/h2-13,31H,1H3,(H,27,28). The number of benzene rings is 3. The van der Waals surface area contributed by atoms with Gasteiger partial charge in [-0.2, -0.15) is 0 Å². The van der Waals surface area contributed by atoms with Gasteiger partial charge >= 0.3 is 0 Å². The summed E-state index contributed by atoms with van der Waals surface area (Å²) in [6, 6.07) is 22.4. The highest BCUT2D eigenvalue weighted by Crippen LogP contribution is 2.35. The van der Waals surface area contributed by atoms with Gasteiger partial charge < -0.3 is 19.2 Å². The molecule has 0 fully saturated rings. The maximum absolute atomic E-state index is 9.87. The van der Waals surface area contributed by atoms with Crippen molar-refractivity contribution in [3.63, 3.8) is 0 Å². The first-order chi connectivity index (χ1) is 16.2. The largest absolute Gasteiger partial charge is 0.504 e. The third-order valence-electron chi connectivity index (χ3n) is 5.43. The van der Waals surface area contributed by atoms with Crippen LogP contribution in [0.25, 0.3) is 56.4 Å². The first kappa shape index (κ1) is 19.0. The van der Waals surface area contributed by atoms with Crippen molar-refractivity contribution >= 4 is 21.9 Å². The Bertz CT molecular complexity index is 1600. The molecule has 0 saturated carbocycles. The molecule has 33 heavy (non-hydrogen) atoms. The van der Waals surface area contributed by atoms with Crippen LogP contribution >= 0.6 is 0 Å². The number of phenolic OH excluding ortho intramolecular Hbond substituents is 1. The number of aromatic amines is 1. The zero-order chi connectivity index (χ0) is 22.4. The number of hydrogen-bond donors (Lipinski definition) is 2. The molecule has 0 radical (unpaired) electrons. The average molecular weight is 435 g/mol. The van der Waals surface area contributed by atoms with E-state index in [2.05, 4.69) is 20.2 Å². The minimum atomic E-state index is 0.0385. The molecule has 6 rings (SSSR count). The Morgan fingerprint density at radius 1 is 0.848 bits per heavy atom. The Hall–Kier alpha value is -4.72. The quantitative estimate of drug-likeness (QED) is 0.391. The summed E-state index contributed by atoms with van der Waals surface area (Å²) in [5.41, 5.74) is 4.65.